The minimum Gasteiger partial charge on any atom is -0.494 e. The van der Waals surface area contributed by atoms with Gasteiger partial charge in [0.15, 0.2) is 5.65 Å². The number of piperidine rings is 1. The summed E-state index contributed by atoms with van der Waals surface area (Å²) in [5.74, 6) is 1.47. The molecule has 4 heterocycles. The highest BCUT2D eigenvalue weighted by atomic mass is 32.1. The van der Waals surface area contributed by atoms with Crippen molar-refractivity contribution in [1.29, 1.82) is 0 Å². The zero-order chi connectivity index (χ0) is 25.5. The van der Waals surface area contributed by atoms with Crippen LogP contribution in [0.4, 0.5) is 11.6 Å². The summed E-state index contributed by atoms with van der Waals surface area (Å²) in [6.45, 7) is 8.35. The summed E-state index contributed by atoms with van der Waals surface area (Å²) in [5, 5.41) is 9.33. The van der Waals surface area contributed by atoms with Crippen molar-refractivity contribution in [2.75, 3.05) is 31.6 Å². The maximum Gasteiger partial charge on any atom is 0.247 e. The molecule has 5 aromatic rings. The molecule has 0 unspecified atom stereocenters. The van der Waals surface area contributed by atoms with Gasteiger partial charge in [-0.3, -0.25) is 0 Å². The van der Waals surface area contributed by atoms with Gasteiger partial charge in [-0.15, -0.1) is 16.4 Å². The SMILES string of the molecule is CC.[HH].c1ccc2sc(-c3cccc4nc(Nc5ccc(OCCCN6CCCCC6)cc5)nn34)cc2c1. The smallest absolute Gasteiger partial charge is 0.247 e. The maximum absolute atomic E-state index is 5.95. The summed E-state index contributed by atoms with van der Waals surface area (Å²) in [4.78, 5) is 8.41. The van der Waals surface area contributed by atoms with E-state index in [1.54, 1.807) is 11.3 Å². The Morgan fingerprint density at radius 2 is 1.76 bits per heavy atom. The molecule has 0 atom stereocenters. The second kappa shape index (κ2) is 12.2. The van der Waals surface area contributed by atoms with Gasteiger partial charge in [-0.05, 0) is 86.3 Å². The molecule has 194 valence electrons. The number of ether oxygens (including phenoxy) is 1. The van der Waals surface area contributed by atoms with E-state index in [1.807, 2.05) is 54.8 Å². The van der Waals surface area contributed by atoms with Gasteiger partial charge in [0.1, 0.15) is 5.75 Å². The lowest BCUT2D eigenvalue weighted by Gasteiger charge is -2.26. The molecule has 2 aromatic carbocycles. The van der Waals surface area contributed by atoms with Gasteiger partial charge >= 0.3 is 0 Å². The van der Waals surface area contributed by atoms with Gasteiger partial charge in [-0.1, -0.05) is 44.5 Å². The number of nitrogens with one attached hydrogen (secondary N) is 1. The molecule has 1 fully saturated rings. The van der Waals surface area contributed by atoms with Crippen LogP contribution in [0, 0.1) is 0 Å². The number of likely N-dealkylation sites (tertiary alicyclic amines) is 1. The Morgan fingerprint density at radius 3 is 2.57 bits per heavy atom. The zero-order valence-corrected chi connectivity index (χ0v) is 22.5. The largest absolute Gasteiger partial charge is 0.494 e. The van der Waals surface area contributed by atoms with E-state index in [-0.39, 0.29) is 1.43 Å². The molecular formula is C30H37N5OS. The Morgan fingerprint density at radius 1 is 0.946 bits per heavy atom. The summed E-state index contributed by atoms with van der Waals surface area (Å²) in [7, 11) is 0. The van der Waals surface area contributed by atoms with Crippen LogP contribution in [0.2, 0.25) is 0 Å². The Labute approximate surface area is 224 Å². The van der Waals surface area contributed by atoms with Gasteiger partial charge in [-0.25, -0.2) is 4.52 Å². The molecule has 0 aliphatic carbocycles. The predicted octanol–water partition coefficient (Wildman–Crippen LogP) is 7.88. The van der Waals surface area contributed by atoms with Crippen molar-refractivity contribution in [3.8, 4) is 16.3 Å². The van der Waals surface area contributed by atoms with E-state index < -0.39 is 0 Å². The minimum absolute atomic E-state index is 0. The molecule has 37 heavy (non-hydrogen) atoms. The lowest BCUT2D eigenvalue weighted by Crippen LogP contribution is -2.31. The number of anilines is 2. The fourth-order valence-electron chi connectivity index (χ4n) is 4.68. The summed E-state index contributed by atoms with van der Waals surface area (Å²) in [5.41, 5.74) is 2.79. The zero-order valence-electron chi connectivity index (χ0n) is 21.7. The topological polar surface area (TPSA) is 54.7 Å². The van der Waals surface area contributed by atoms with Crippen LogP contribution in [0.5, 0.6) is 5.75 Å². The van der Waals surface area contributed by atoms with Gasteiger partial charge in [-0.2, -0.15) is 4.98 Å². The standard InChI is InChI=1S/C28H29N5OS.C2H6.H2/c1-4-16-32(17-5-1)18-7-19-34-23-14-12-22(13-15-23)29-28-30-27-11-6-9-24(33(27)31-28)26-20-21-8-2-3-10-25(21)35-26;1-2;/h2-3,6,8-15,20H,1,4-5,7,16-19H2,(H,29,31);1-2H3;1H. The summed E-state index contributed by atoms with van der Waals surface area (Å²) in [6.07, 6.45) is 5.12. The van der Waals surface area contributed by atoms with E-state index in [9.17, 15) is 0 Å². The summed E-state index contributed by atoms with van der Waals surface area (Å²) < 4.78 is 9.13. The number of hydrogen-bond donors (Lipinski definition) is 1. The average Bonchev–Trinajstić information content (AvgIpc) is 3.57. The first-order valence-electron chi connectivity index (χ1n) is 13.4. The van der Waals surface area contributed by atoms with Crippen molar-refractivity contribution in [2.45, 2.75) is 39.5 Å². The van der Waals surface area contributed by atoms with Gasteiger partial charge < -0.3 is 15.0 Å². The molecule has 1 aliphatic rings. The lowest BCUT2D eigenvalue weighted by atomic mass is 10.1. The van der Waals surface area contributed by atoms with Crippen molar-refractivity contribution < 1.29 is 6.16 Å². The minimum atomic E-state index is 0. The lowest BCUT2D eigenvalue weighted by molar-refractivity contribution is 0.205. The maximum atomic E-state index is 5.95. The van der Waals surface area contributed by atoms with Crippen LogP contribution in [0.25, 0.3) is 26.3 Å². The van der Waals surface area contributed by atoms with Crippen molar-refractivity contribution in [3.05, 3.63) is 72.8 Å². The molecule has 0 radical (unpaired) electrons. The molecule has 0 amide bonds. The van der Waals surface area contributed by atoms with Gasteiger partial charge in [0.2, 0.25) is 5.95 Å². The fraction of sp³-hybridized carbons (Fsp3) is 0.333. The number of pyridine rings is 1. The van der Waals surface area contributed by atoms with E-state index >= 15 is 0 Å². The second-order valence-corrected chi connectivity index (χ2v) is 10.1. The van der Waals surface area contributed by atoms with E-state index in [4.69, 9.17) is 9.84 Å². The average molecular weight is 516 g/mol. The highest BCUT2D eigenvalue weighted by molar-refractivity contribution is 7.22. The van der Waals surface area contributed by atoms with Gasteiger partial charge in [0, 0.05) is 18.4 Å². The third-order valence-corrected chi connectivity index (χ3v) is 7.62. The highest BCUT2D eigenvalue weighted by Gasteiger charge is 2.12. The Hall–Kier alpha value is -3.42. The third-order valence-electron chi connectivity index (χ3n) is 6.48. The number of rotatable bonds is 8. The van der Waals surface area contributed by atoms with Crippen LogP contribution in [-0.2, 0) is 0 Å². The first-order valence-corrected chi connectivity index (χ1v) is 14.2. The number of hydrogen-bond acceptors (Lipinski definition) is 6. The second-order valence-electron chi connectivity index (χ2n) is 9.02. The van der Waals surface area contributed by atoms with E-state index in [2.05, 4.69) is 51.6 Å². The van der Waals surface area contributed by atoms with Crippen LogP contribution in [0.1, 0.15) is 41.0 Å². The van der Waals surface area contributed by atoms with E-state index in [0.29, 0.717) is 5.95 Å². The third kappa shape index (κ3) is 6.12. The molecule has 1 saturated heterocycles. The Kier molecular flexibility index (Phi) is 8.33. The van der Waals surface area contributed by atoms with Gasteiger partial charge in [0.05, 0.1) is 17.2 Å². The molecule has 7 heteroatoms. The summed E-state index contributed by atoms with van der Waals surface area (Å²) in [6, 6.07) is 24.8. The monoisotopic (exact) mass is 515 g/mol. The molecule has 1 N–H and O–H groups in total. The number of benzene rings is 2. The van der Waals surface area contributed by atoms with Crippen molar-refractivity contribution >= 4 is 38.7 Å². The molecule has 1 aliphatic heterocycles. The molecule has 6 nitrogen and oxygen atoms in total. The van der Waals surface area contributed by atoms with E-state index in [0.717, 1.165) is 42.4 Å². The Balaban J connectivity index is 0.00000110. The van der Waals surface area contributed by atoms with Crippen LogP contribution < -0.4 is 10.1 Å². The normalized spacial score (nSPS) is 13.9. The van der Waals surface area contributed by atoms with Gasteiger partial charge in [0.25, 0.3) is 0 Å². The van der Waals surface area contributed by atoms with Crippen LogP contribution >= 0.6 is 11.3 Å². The molecule has 0 bridgehead atoms. The molecule has 0 saturated carbocycles. The van der Waals surface area contributed by atoms with E-state index in [1.165, 1.54) is 47.3 Å². The number of aromatic nitrogens is 3. The van der Waals surface area contributed by atoms with Crippen LogP contribution in [-0.4, -0.2) is 45.7 Å². The highest BCUT2D eigenvalue weighted by Crippen LogP contribution is 2.33. The number of nitrogens with zero attached hydrogens (tertiary/aromatic N) is 4. The predicted molar refractivity (Wildman–Crippen MR) is 157 cm³/mol. The van der Waals surface area contributed by atoms with Crippen LogP contribution in [0.15, 0.2) is 72.8 Å². The number of fused-ring (bicyclic) bond motifs is 2. The fourth-order valence-corrected chi connectivity index (χ4v) is 5.75. The van der Waals surface area contributed by atoms with Crippen molar-refractivity contribution in [3.63, 3.8) is 0 Å². The Bertz CT molecular complexity index is 1390. The number of thiophene rings is 1. The summed E-state index contributed by atoms with van der Waals surface area (Å²) >= 11 is 1.77. The first-order chi connectivity index (χ1) is 18.3. The molecule has 0 spiro atoms. The first kappa shape index (κ1) is 25.2. The molecular weight excluding hydrogens is 478 g/mol. The molecule has 6 rings (SSSR count). The van der Waals surface area contributed by atoms with Crippen LogP contribution in [0.3, 0.4) is 0 Å². The van der Waals surface area contributed by atoms with Crippen molar-refractivity contribution in [1.82, 2.24) is 19.5 Å². The molecule has 3 aromatic heterocycles. The quantitative estimate of drug-likeness (QED) is 0.213. The van der Waals surface area contributed by atoms with Crippen molar-refractivity contribution in [2.24, 2.45) is 0 Å².